The largest absolute Gasteiger partial charge is 0.349 e. The number of aromatic nitrogens is 1. The lowest BCUT2D eigenvalue weighted by molar-refractivity contribution is 0.184. The highest BCUT2D eigenvalue weighted by Gasteiger charge is 2.39. The lowest BCUT2D eigenvalue weighted by atomic mass is 10.1. The van der Waals surface area contributed by atoms with E-state index in [0.717, 1.165) is 19.6 Å². The predicted octanol–water partition coefficient (Wildman–Crippen LogP) is 0.768. The Balaban J connectivity index is 1.99. The second kappa shape index (κ2) is 4.45. The molecule has 1 saturated heterocycles. The number of nitrogens with zero attached hydrogens (tertiary/aromatic N) is 3. The van der Waals surface area contributed by atoms with Crippen molar-refractivity contribution in [3.63, 3.8) is 0 Å². The Bertz CT molecular complexity index is 585. The van der Waals surface area contributed by atoms with Crippen LogP contribution >= 0.6 is 0 Å². The smallest absolute Gasteiger partial charge is 0.184 e. The molecule has 0 radical (unpaired) electrons. The Morgan fingerprint density at radius 2 is 2.16 bits per heavy atom. The molecule has 2 aliphatic rings. The summed E-state index contributed by atoms with van der Waals surface area (Å²) in [5, 5.41) is 0. The van der Waals surface area contributed by atoms with Gasteiger partial charge in [0.15, 0.2) is 9.84 Å². The van der Waals surface area contributed by atoms with Gasteiger partial charge in [0.1, 0.15) is 10.7 Å². The first-order chi connectivity index (χ1) is 8.99. The second-order valence-corrected chi connectivity index (χ2v) is 7.55. The van der Waals surface area contributed by atoms with Crippen molar-refractivity contribution in [3.05, 3.63) is 18.3 Å². The summed E-state index contributed by atoms with van der Waals surface area (Å²) in [7, 11) is -3.19. The zero-order valence-corrected chi connectivity index (χ0v) is 12.1. The first kappa shape index (κ1) is 12.9. The van der Waals surface area contributed by atoms with Crippen LogP contribution in [0.5, 0.6) is 0 Å². The summed E-state index contributed by atoms with van der Waals surface area (Å²) >= 11 is 0. The lowest BCUT2D eigenvalue weighted by Gasteiger charge is -2.46. The van der Waals surface area contributed by atoms with Gasteiger partial charge in [-0.25, -0.2) is 13.4 Å². The second-order valence-electron chi connectivity index (χ2n) is 5.54. The summed E-state index contributed by atoms with van der Waals surface area (Å²) in [5.74, 6) is 0.844. The zero-order valence-electron chi connectivity index (χ0n) is 11.3. The molecule has 0 bridgehead atoms. The molecule has 0 aliphatic carbocycles. The van der Waals surface area contributed by atoms with E-state index in [1.165, 1.54) is 0 Å². The van der Waals surface area contributed by atoms with E-state index < -0.39 is 9.84 Å². The standard InChI is InChI=1S/C13H19N3O2S/c1-10(2)15-6-7-16-11(8-15)9-19(17,18)12-4-3-5-14-13(12)16/h3-5,10-11H,6-9H2,1-2H3/t11-/m0/s1. The van der Waals surface area contributed by atoms with E-state index in [1.54, 1.807) is 18.3 Å². The van der Waals surface area contributed by atoms with Crippen LogP contribution in [0.15, 0.2) is 23.2 Å². The topological polar surface area (TPSA) is 53.5 Å². The van der Waals surface area contributed by atoms with Crippen molar-refractivity contribution >= 4 is 15.7 Å². The van der Waals surface area contributed by atoms with Crippen LogP contribution in [0.1, 0.15) is 13.8 Å². The number of sulfone groups is 1. The fraction of sp³-hybridized carbons (Fsp3) is 0.615. The fourth-order valence-electron chi connectivity index (χ4n) is 2.95. The molecule has 1 aromatic heterocycles. The molecule has 0 aromatic carbocycles. The van der Waals surface area contributed by atoms with Crippen LogP contribution in [0.25, 0.3) is 0 Å². The van der Waals surface area contributed by atoms with Gasteiger partial charge in [-0.3, -0.25) is 4.90 Å². The SMILES string of the molecule is CC(C)N1CCN2c3ncccc3S(=O)(=O)C[C@@H]2C1. The summed E-state index contributed by atoms with van der Waals surface area (Å²) in [4.78, 5) is 9.19. The Morgan fingerprint density at radius 1 is 1.37 bits per heavy atom. The molecule has 1 atom stereocenters. The molecule has 2 aliphatic heterocycles. The van der Waals surface area contributed by atoms with E-state index in [4.69, 9.17) is 0 Å². The average molecular weight is 281 g/mol. The first-order valence-corrected chi connectivity index (χ1v) is 8.33. The van der Waals surface area contributed by atoms with Gasteiger partial charge >= 0.3 is 0 Å². The zero-order chi connectivity index (χ0) is 13.6. The number of fused-ring (bicyclic) bond motifs is 3. The lowest BCUT2D eigenvalue weighted by Crippen LogP contribution is -2.59. The molecular formula is C13H19N3O2S. The number of rotatable bonds is 1. The Morgan fingerprint density at radius 3 is 2.89 bits per heavy atom. The van der Waals surface area contributed by atoms with Crippen molar-refractivity contribution in [2.75, 3.05) is 30.3 Å². The summed E-state index contributed by atoms with van der Waals surface area (Å²) in [5.41, 5.74) is 0. The number of anilines is 1. The van der Waals surface area contributed by atoms with E-state index in [9.17, 15) is 8.42 Å². The van der Waals surface area contributed by atoms with Crippen molar-refractivity contribution in [2.24, 2.45) is 0 Å². The molecule has 6 heteroatoms. The third-order valence-electron chi connectivity index (χ3n) is 4.01. The molecule has 0 amide bonds. The van der Waals surface area contributed by atoms with Gasteiger partial charge in [0.05, 0.1) is 11.8 Å². The molecule has 1 aromatic rings. The highest BCUT2D eigenvalue weighted by Crippen LogP contribution is 2.33. The normalized spacial score (nSPS) is 26.1. The van der Waals surface area contributed by atoms with Crippen molar-refractivity contribution in [3.8, 4) is 0 Å². The van der Waals surface area contributed by atoms with E-state index in [0.29, 0.717) is 16.8 Å². The molecule has 0 unspecified atom stereocenters. The van der Waals surface area contributed by atoms with Crippen LogP contribution < -0.4 is 4.90 Å². The van der Waals surface area contributed by atoms with Gasteiger partial charge < -0.3 is 4.90 Å². The van der Waals surface area contributed by atoms with Gasteiger partial charge in [-0.2, -0.15) is 0 Å². The molecule has 5 nitrogen and oxygen atoms in total. The number of piperazine rings is 1. The quantitative estimate of drug-likeness (QED) is 0.761. The van der Waals surface area contributed by atoms with Crippen LogP contribution in [0.2, 0.25) is 0 Å². The molecule has 3 heterocycles. The van der Waals surface area contributed by atoms with E-state index in [-0.39, 0.29) is 11.8 Å². The molecule has 104 valence electrons. The van der Waals surface area contributed by atoms with E-state index in [1.807, 2.05) is 0 Å². The summed E-state index contributed by atoms with van der Waals surface area (Å²) in [6, 6.07) is 3.85. The average Bonchev–Trinajstić information content (AvgIpc) is 2.37. The van der Waals surface area contributed by atoms with Gasteiger partial charge in [-0.15, -0.1) is 0 Å². The molecule has 1 fully saturated rings. The molecule has 19 heavy (non-hydrogen) atoms. The van der Waals surface area contributed by atoms with Crippen molar-refractivity contribution < 1.29 is 8.42 Å². The summed E-state index contributed by atoms with van der Waals surface area (Å²) < 4.78 is 24.6. The van der Waals surface area contributed by atoms with Gasteiger partial charge in [0.25, 0.3) is 0 Å². The van der Waals surface area contributed by atoms with Gasteiger partial charge in [-0.05, 0) is 26.0 Å². The van der Waals surface area contributed by atoms with Crippen LogP contribution in [-0.2, 0) is 9.84 Å². The highest BCUT2D eigenvalue weighted by atomic mass is 32.2. The molecule has 0 spiro atoms. The molecular weight excluding hydrogens is 262 g/mol. The fourth-order valence-corrected chi connectivity index (χ4v) is 4.66. The molecule has 0 N–H and O–H groups in total. The number of hydrogen-bond acceptors (Lipinski definition) is 5. The Kier molecular flexibility index (Phi) is 3.02. The maximum absolute atomic E-state index is 12.3. The van der Waals surface area contributed by atoms with Crippen molar-refractivity contribution in [1.82, 2.24) is 9.88 Å². The first-order valence-electron chi connectivity index (χ1n) is 6.67. The van der Waals surface area contributed by atoms with Crippen molar-refractivity contribution in [1.29, 1.82) is 0 Å². The Labute approximate surface area is 114 Å². The highest BCUT2D eigenvalue weighted by molar-refractivity contribution is 7.91. The third-order valence-corrected chi connectivity index (χ3v) is 5.83. The van der Waals surface area contributed by atoms with Crippen LogP contribution in [-0.4, -0.2) is 55.8 Å². The minimum atomic E-state index is -3.19. The van der Waals surface area contributed by atoms with Crippen molar-refractivity contribution in [2.45, 2.75) is 30.8 Å². The van der Waals surface area contributed by atoms with E-state index >= 15 is 0 Å². The maximum atomic E-state index is 12.3. The van der Waals surface area contributed by atoms with Gasteiger partial charge in [0.2, 0.25) is 0 Å². The number of hydrogen-bond donors (Lipinski definition) is 0. The predicted molar refractivity (Wildman–Crippen MR) is 74.1 cm³/mol. The molecule has 0 saturated carbocycles. The summed E-state index contributed by atoms with van der Waals surface area (Å²) in [6.07, 6.45) is 1.67. The minimum absolute atomic E-state index is 0.0311. The van der Waals surface area contributed by atoms with E-state index in [2.05, 4.69) is 28.6 Å². The van der Waals surface area contributed by atoms with Crippen LogP contribution in [0.4, 0.5) is 5.82 Å². The van der Waals surface area contributed by atoms with Gasteiger partial charge in [-0.1, -0.05) is 0 Å². The van der Waals surface area contributed by atoms with Crippen LogP contribution in [0, 0.1) is 0 Å². The number of pyridine rings is 1. The third kappa shape index (κ3) is 2.12. The Hall–Kier alpha value is -1.14. The minimum Gasteiger partial charge on any atom is -0.349 e. The summed E-state index contributed by atoms with van der Waals surface area (Å²) in [6.45, 7) is 6.91. The monoisotopic (exact) mass is 281 g/mol. The molecule has 3 rings (SSSR count). The maximum Gasteiger partial charge on any atom is 0.184 e. The van der Waals surface area contributed by atoms with Crippen LogP contribution in [0.3, 0.4) is 0 Å². The van der Waals surface area contributed by atoms with Gasteiger partial charge in [0, 0.05) is 31.9 Å².